The molecule has 0 aliphatic rings. The van der Waals surface area contributed by atoms with E-state index in [0.717, 1.165) is 4.90 Å². The maximum absolute atomic E-state index is 11.5. The molecule has 4 nitrogen and oxygen atoms in total. The molecule has 6 heteroatoms. The molecule has 2 aromatic heterocycles. The van der Waals surface area contributed by atoms with Gasteiger partial charge in [-0.2, -0.15) is 5.10 Å². The second-order valence-electron chi connectivity index (χ2n) is 3.04. The third-order valence-electron chi connectivity index (χ3n) is 1.92. The van der Waals surface area contributed by atoms with Gasteiger partial charge in [0.25, 0.3) is 5.56 Å². The number of aryl methyl sites for hydroxylation is 1. The number of hydrogen-bond donors (Lipinski definition) is 0. The lowest BCUT2D eigenvalue weighted by molar-refractivity contribution is 0.696. The average molecular weight is 254 g/mol. The molecular formula is C10H8ClN3OS. The Labute approximate surface area is 101 Å². The quantitative estimate of drug-likeness (QED) is 0.821. The van der Waals surface area contributed by atoms with Crippen molar-refractivity contribution >= 4 is 23.4 Å². The zero-order valence-corrected chi connectivity index (χ0v) is 10.00. The van der Waals surface area contributed by atoms with E-state index in [1.165, 1.54) is 16.4 Å². The van der Waals surface area contributed by atoms with Crippen LogP contribution in [0.5, 0.6) is 0 Å². The number of aromatic nitrogens is 3. The second kappa shape index (κ2) is 4.67. The molecule has 0 saturated carbocycles. The highest BCUT2D eigenvalue weighted by Gasteiger charge is 2.08. The Hall–Kier alpha value is -1.33. The first-order chi connectivity index (χ1) is 7.68. The Morgan fingerprint density at radius 3 is 2.75 bits per heavy atom. The van der Waals surface area contributed by atoms with Crippen LogP contribution >= 0.6 is 23.4 Å². The number of halogens is 1. The summed E-state index contributed by atoms with van der Waals surface area (Å²) >= 11 is 7.33. The molecule has 16 heavy (non-hydrogen) atoms. The summed E-state index contributed by atoms with van der Waals surface area (Å²) in [7, 11) is 1.56. The van der Waals surface area contributed by atoms with E-state index in [1.54, 1.807) is 25.6 Å². The SMILES string of the molecule is Cn1ncc(Sc2ccncc2)c(Cl)c1=O. The highest BCUT2D eigenvalue weighted by atomic mass is 35.5. The predicted molar refractivity (Wildman–Crippen MR) is 62.8 cm³/mol. The van der Waals surface area contributed by atoms with Crippen molar-refractivity contribution in [3.05, 3.63) is 46.1 Å². The summed E-state index contributed by atoms with van der Waals surface area (Å²) in [5.41, 5.74) is -0.291. The minimum atomic E-state index is -0.291. The fourth-order valence-electron chi connectivity index (χ4n) is 1.10. The molecule has 2 aromatic rings. The van der Waals surface area contributed by atoms with Gasteiger partial charge < -0.3 is 0 Å². The molecule has 0 aromatic carbocycles. The van der Waals surface area contributed by atoms with Crippen molar-refractivity contribution < 1.29 is 0 Å². The van der Waals surface area contributed by atoms with Gasteiger partial charge in [-0.25, -0.2) is 4.68 Å². The van der Waals surface area contributed by atoms with Crippen LogP contribution in [-0.4, -0.2) is 14.8 Å². The molecular weight excluding hydrogens is 246 g/mol. The Balaban J connectivity index is 2.37. The van der Waals surface area contributed by atoms with Gasteiger partial charge in [0.2, 0.25) is 0 Å². The fraction of sp³-hybridized carbons (Fsp3) is 0.100. The van der Waals surface area contributed by atoms with Crippen LogP contribution in [-0.2, 0) is 7.05 Å². The van der Waals surface area contributed by atoms with Gasteiger partial charge in [0, 0.05) is 24.3 Å². The van der Waals surface area contributed by atoms with Gasteiger partial charge in [0.05, 0.1) is 11.1 Å². The smallest absolute Gasteiger partial charge is 0.266 e. The van der Waals surface area contributed by atoms with Crippen LogP contribution in [0.3, 0.4) is 0 Å². The van der Waals surface area contributed by atoms with Crippen LogP contribution in [0.15, 0.2) is 45.3 Å². The summed E-state index contributed by atoms with van der Waals surface area (Å²) in [5.74, 6) is 0. The molecule has 0 spiro atoms. The van der Waals surface area contributed by atoms with Crippen molar-refractivity contribution in [3.8, 4) is 0 Å². The van der Waals surface area contributed by atoms with E-state index in [9.17, 15) is 4.79 Å². The summed E-state index contributed by atoms with van der Waals surface area (Å²) in [5, 5.41) is 4.11. The summed E-state index contributed by atoms with van der Waals surface area (Å²) in [4.78, 5) is 17.0. The van der Waals surface area contributed by atoms with Crippen LogP contribution in [0.1, 0.15) is 0 Å². The fourth-order valence-corrected chi connectivity index (χ4v) is 2.18. The Kier molecular flexibility index (Phi) is 3.26. The molecule has 0 aliphatic carbocycles. The van der Waals surface area contributed by atoms with Crippen LogP contribution in [0.2, 0.25) is 5.02 Å². The monoisotopic (exact) mass is 253 g/mol. The molecule has 0 aliphatic heterocycles. The highest BCUT2D eigenvalue weighted by Crippen LogP contribution is 2.29. The molecule has 0 radical (unpaired) electrons. The molecule has 82 valence electrons. The maximum atomic E-state index is 11.5. The first kappa shape index (κ1) is 11.2. The standard InChI is InChI=1S/C10H8ClN3OS/c1-14-10(15)9(11)8(6-13-14)16-7-2-4-12-5-3-7/h2-6H,1H3. The first-order valence-corrected chi connectivity index (χ1v) is 5.67. The van der Waals surface area contributed by atoms with Crippen LogP contribution in [0, 0.1) is 0 Å². The van der Waals surface area contributed by atoms with Crippen molar-refractivity contribution in [2.75, 3.05) is 0 Å². The van der Waals surface area contributed by atoms with E-state index in [0.29, 0.717) is 4.90 Å². The number of nitrogens with zero attached hydrogens (tertiary/aromatic N) is 3. The lowest BCUT2D eigenvalue weighted by atomic mass is 10.5. The van der Waals surface area contributed by atoms with Gasteiger partial charge in [0.1, 0.15) is 5.02 Å². The normalized spacial score (nSPS) is 10.4. The van der Waals surface area contributed by atoms with Gasteiger partial charge in [-0.3, -0.25) is 9.78 Å². The Morgan fingerprint density at radius 1 is 1.38 bits per heavy atom. The van der Waals surface area contributed by atoms with E-state index in [4.69, 9.17) is 11.6 Å². The molecule has 0 saturated heterocycles. The zero-order chi connectivity index (χ0) is 11.5. The van der Waals surface area contributed by atoms with Gasteiger partial charge in [-0.1, -0.05) is 23.4 Å². The lowest BCUT2D eigenvalue weighted by Crippen LogP contribution is -2.19. The van der Waals surface area contributed by atoms with Gasteiger partial charge >= 0.3 is 0 Å². The lowest BCUT2D eigenvalue weighted by Gasteiger charge is -2.03. The topological polar surface area (TPSA) is 47.8 Å². The van der Waals surface area contributed by atoms with Crippen LogP contribution in [0.4, 0.5) is 0 Å². The molecule has 0 amide bonds. The maximum Gasteiger partial charge on any atom is 0.286 e. The summed E-state index contributed by atoms with van der Waals surface area (Å²) in [6.45, 7) is 0. The highest BCUT2D eigenvalue weighted by molar-refractivity contribution is 7.99. The summed E-state index contributed by atoms with van der Waals surface area (Å²) < 4.78 is 1.21. The largest absolute Gasteiger partial charge is 0.286 e. The molecule has 0 atom stereocenters. The third kappa shape index (κ3) is 2.25. The van der Waals surface area contributed by atoms with E-state index in [1.807, 2.05) is 12.1 Å². The zero-order valence-electron chi connectivity index (χ0n) is 8.42. The molecule has 0 N–H and O–H groups in total. The minimum absolute atomic E-state index is 0.194. The van der Waals surface area contributed by atoms with Crippen molar-refractivity contribution in [1.29, 1.82) is 0 Å². The summed E-state index contributed by atoms with van der Waals surface area (Å²) in [6, 6.07) is 3.69. The number of pyridine rings is 1. The molecule has 0 unspecified atom stereocenters. The van der Waals surface area contributed by atoms with Crippen molar-refractivity contribution in [2.24, 2.45) is 7.05 Å². The van der Waals surface area contributed by atoms with Gasteiger partial charge in [-0.15, -0.1) is 0 Å². The molecule has 2 heterocycles. The van der Waals surface area contributed by atoms with Gasteiger partial charge in [0.15, 0.2) is 0 Å². The molecule has 0 fully saturated rings. The van der Waals surface area contributed by atoms with Crippen LogP contribution in [0.25, 0.3) is 0 Å². The second-order valence-corrected chi connectivity index (χ2v) is 4.53. The van der Waals surface area contributed by atoms with E-state index < -0.39 is 0 Å². The Bertz CT molecular complexity index is 556. The van der Waals surface area contributed by atoms with E-state index >= 15 is 0 Å². The van der Waals surface area contributed by atoms with Crippen molar-refractivity contribution in [2.45, 2.75) is 9.79 Å². The van der Waals surface area contributed by atoms with E-state index in [-0.39, 0.29) is 10.6 Å². The van der Waals surface area contributed by atoms with E-state index in [2.05, 4.69) is 10.1 Å². The first-order valence-electron chi connectivity index (χ1n) is 4.48. The Morgan fingerprint density at radius 2 is 2.06 bits per heavy atom. The summed E-state index contributed by atoms with van der Waals surface area (Å²) in [6.07, 6.45) is 4.95. The molecule has 2 rings (SSSR count). The number of rotatable bonds is 2. The molecule has 0 bridgehead atoms. The number of hydrogen-bond acceptors (Lipinski definition) is 4. The average Bonchev–Trinajstić information content (AvgIpc) is 2.31. The predicted octanol–water partition coefficient (Wildman–Crippen LogP) is 1.98. The van der Waals surface area contributed by atoms with Crippen molar-refractivity contribution in [3.63, 3.8) is 0 Å². The van der Waals surface area contributed by atoms with Crippen LogP contribution < -0.4 is 5.56 Å². The third-order valence-corrected chi connectivity index (χ3v) is 3.44. The minimum Gasteiger partial charge on any atom is -0.266 e. The van der Waals surface area contributed by atoms with Crippen molar-refractivity contribution in [1.82, 2.24) is 14.8 Å². The van der Waals surface area contributed by atoms with Gasteiger partial charge in [-0.05, 0) is 12.1 Å².